The highest BCUT2D eigenvalue weighted by Crippen LogP contribution is 2.33. The van der Waals surface area contributed by atoms with Crippen LogP contribution in [0.1, 0.15) is 28.8 Å². The van der Waals surface area contributed by atoms with E-state index in [2.05, 4.69) is 15.6 Å². The molecule has 1 fully saturated rings. The van der Waals surface area contributed by atoms with Crippen LogP contribution in [0.2, 0.25) is 5.02 Å². The van der Waals surface area contributed by atoms with Gasteiger partial charge in [0.15, 0.2) is 0 Å². The van der Waals surface area contributed by atoms with E-state index in [9.17, 15) is 4.79 Å². The highest BCUT2D eigenvalue weighted by Gasteiger charge is 2.30. The average Bonchev–Trinajstić information content (AvgIpc) is 3.26. The molecule has 1 aliphatic heterocycles. The number of aromatic nitrogens is 4. The Bertz CT molecular complexity index is 1310. The standard InChI is InChI=1S/C25H25ClN6O/c1-16-12-20(26)13-19-9-11-28-24(23(16)19)32(21-4-3-10-27-14-21)25(33)18-7-5-17(6-8-18)22-15-31(2)30-29-22/h5-9,11-13,15,21,27H,3-4,10,14H2,1-2H3/t21-/m1/s1. The fourth-order valence-electron chi connectivity index (χ4n) is 4.53. The summed E-state index contributed by atoms with van der Waals surface area (Å²) >= 11 is 6.31. The molecule has 1 N–H and O–H groups in total. The summed E-state index contributed by atoms with van der Waals surface area (Å²) < 4.78 is 1.66. The Morgan fingerprint density at radius 3 is 2.73 bits per heavy atom. The molecule has 1 aliphatic rings. The molecule has 1 atom stereocenters. The van der Waals surface area contributed by atoms with Gasteiger partial charge < -0.3 is 5.32 Å². The maximum Gasteiger partial charge on any atom is 0.259 e. The predicted molar refractivity (Wildman–Crippen MR) is 131 cm³/mol. The molecular weight excluding hydrogens is 436 g/mol. The molecule has 2 aromatic heterocycles. The zero-order valence-electron chi connectivity index (χ0n) is 18.6. The first kappa shape index (κ1) is 21.6. The van der Waals surface area contributed by atoms with Crippen LogP contribution in [0.15, 0.2) is 54.9 Å². The first-order valence-corrected chi connectivity index (χ1v) is 11.4. The van der Waals surface area contributed by atoms with E-state index in [-0.39, 0.29) is 11.9 Å². The number of carbonyl (C=O) groups excluding carboxylic acids is 1. The van der Waals surface area contributed by atoms with Crippen LogP contribution in [0.25, 0.3) is 22.0 Å². The van der Waals surface area contributed by atoms with Gasteiger partial charge in [0.2, 0.25) is 0 Å². The van der Waals surface area contributed by atoms with Crippen molar-refractivity contribution in [3.05, 3.63) is 71.0 Å². The summed E-state index contributed by atoms with van der Waals surface area (Å²) in [5.41, 5.74) is 3.30. The Balaban J connectivity index is 1.58. The second-order valence-corrected chi connectivity index (χ2v) is 8.92. The predicted octanol–water partition coefficient (Wildman–Crippen LogP) is 4.39. The Morgan fingerprint density at radius 1 is 1.21 bits per heavy atom. The number of carbonyl (C=O) groups is 1. The maximum atomic E-state index is 13.9. The summed E-state index contributed by atoms with van der Waals surface area (Å²) in [4.78, 5) is 20.5. The molecule has 1 saturated heterocycles. The zero-order valence-corrected chi connectivity index (χ0v) is 19.4. The maximum absolute atomic E-state index is 13.9. The molecule has 168 valence electrons. The number of nitrogens with zero attached hydrogens (tertiary/aromatic N) is 5. The topological polar surface area (TPSA) is 75.9 Å². The molecule has 3 heterocycles. The Hall–Kier alpha value is -3.29. The smallest absolute Gasteiger partial charge is 0.259 e. The molecule has 2 aromatic carbocycles. The number of hydrogen-bond acceptors (Lipinski definition) is 5. The minimum atomic E-state index is -0.0660. The summed E-state index contributed by atoms with van der Waals surface area (Å²) in [6, 6.07) is 13.3. The molecule has 0 bridgehead atoms. The van der Waals surface area contributed by atoms with Crippen LogP contribution in [0, 0.1) is 6.92 Å². The number of rotatable bonds is 4. The molecule has 0 aliphatic carbocycles. The van der Waals surface area contributed by atoms with Gasteiger partial charge in [-0.1, -0.05) is 28.9 Å². The first-order chi connectivity index (χ1) is 16.0. The molecule has 1 amide bonds. The Labute approximate surface area is 197 Å². The van der Waals surface area contributed by atoms with Crippen molar-refractivity contribution < 1.29 is 4.79 Å². The van der Waals surface area contributed by atoms with Gasteiger partial charge in [-0.3, -0.25) is 14.4 Å². The first-order valence-electron chi connectivity index (χ1n) is 11.1. The molecular formula is C25H25ClN6O. The monoisotopic (exact) mass is 460 g/mol. The Kier molecular flexibility index (Phi) is 5.83. The van der Waals surface area contributed by atoms with Crippen LogP contribution < -0.4 is 10.2 Å². The molecule has 0 saturated carbocycles. The lowest BCUT2D eigenvalue weighted by molar-refractivity contribution is 0.0972. The lowest BCUT2D eigenvalue weighted by Gasteiger charge is -2.35. The number of halogens is 1. The van der Waals surface area contributed by atoms with Crippen LogP contribution >= 0.6 is 11.6 Å². The molecule has 5 rings (SSSR count). The van der Waals surface area contributed by atoms with E-state index in [1.807, 2.05) is 67.5 Å². The second kappa shape index (κ2) is 8.92. The van der Waals surface area contributed by atoms with E-state index >= 15 is 0 Å². The highest BCUT2D eigenvalue weighted by molar-refractivity contribution is 6.31. The SMILES string of the molecule is Cc1cc(Cl)cc2ccnc(N(C(=O)c3ccc(-c4cn(C)nn4)cc3)[C@@H]3CCCNC3)c12. The van der Waals surface area contributed by atoms with Crippen molar-refractivity contribution in [2.45, 2.75) is 25.8 Å². The number of anilines is 1. The van der Waals surface area contributed by atoms with Crippen LogP contribution in [0.5, 0.6) is 0 Å². The normalized spacial score (nSPS) is 16.2. The Morgan fingerprint density at radius 2 is 2.03 bits per heavy atom. The van der Waals surface area contributed by atoms with E-state index in [0.717, 1.165) is 53.5 Å². The van der Waals surface area contributed by atoms with Gasteiger partial charge in [-0.15, -0.1) is 5.10 Å². The van der Waals surface area contributed by atoms with Gasteiger partial charge in [0.1, 0.15) is 11.5 Å². The van der Waals surface area contributed by atoms with Crippen molar-refractivity contribution in [1.29, 1.82) is 0 Å². The van der Waals surface area contributed by atoms with E-state index in [1.165, 1.54) is 0 Å². The summed E-state index contributed by atoms with van der Waals surface area (Å²) in [6.07, 6.45) is 5.53. The van der Waals surface area contributed by atoms with Crippen LogP contribution in [0.3, 0.4) is 0 Å². The number of amides is 1. The third kappa shape index (κ3) is 4.21. The molecule has 7 nitrogen and oxygen atoms in total. The largest absolute Gasteiger partial charge is 0.315 e. The van der Waals surface area contributed by atoms with E-state index in [1.54, 1.807) is 10.9 Å². The van der Waals surface area contributed by atoms with Gasteiger partial charge >= 0.3 is 0 Å². The van der Waals surface area contributed by atoms with Crippen molar-refractivity contribution in [3.8, 4) is 11.3 Å². The number of hydrogen-bond donors (Lipinski definition) is 1. The minimum absolute atomic E-state index is 0.0131. The summed E-state index contributed by atoms with van der Waals surface area (Å²) in [5.74, 6) is 0.613. The van der Waals surface area contributed by atoms with Crippen LogP contribution in [-0.2, 0) is 7.05 Å². The minimum Gasteiger partial charge on any atom is -0.315 e. The lowest BCUT2D eigenvalue weighted by Crippen LogP contribution is -2.49. The van der Waals surface area contributed by atoms with Crippen molar-refractivity contribution in [2.24, 2.45) is 7.05 Å². The van der Waals surface area contributed by atoms with Gasteiger partial charge in [-0.05, 0) is 67.6 Å². The van der Waals surface area contributed by atoms with Gasteiger partial charge in [0.05, 0.1) is 12.2 Å². The van der Waals surface area contributed by atoms with Gasteiger partial charge in [0.25, 0.3) is 5.91 Å². The van der Waals surface area contributed by atoms with Crippen molar-refractivity contribution in [2.75, 3.05) is 18.0 Å². The average molecular weight is 461 g/mol. The summed E-state index contributed by atoms with van der Waals surface area (Å²) in [6.45, 7) is 3.70. The van der Waals surface area contributed by atoms with Gasteiger partial charge in [0, 0.05) is 41.3 Å². The number of piperidine rings is 1. The molecule has 0 spiro atoms. The number of nitrogens with one attached hydrogen (secondary N) is 1. The van der Waals surface area contributed by atoms with E-state index in [0.29, 0.717) is 16.4 Å². The van der Waals surface area contributed by atoms with Crippen molar-refractivity contribution >= 4 is 34.1 Å². The molecule has 33 heavy (non-hydrogen) atoms. The number of benzene rings is 2. The van der Waals surface area contributed by atoms with Crippen LogP contribution in [0.4, 0.5) is 5.82 Å². The lowest BCUT2D eigenvalue weighted by atomic mass is 10.0. The molecule has 8 heteroatoms. The van der Waals surface area contributed by atoms with E-state index in [4.69, 9.17) is 16.6 Å². The second-order valence-electron chi connectivity index (χ2n) is 8.49. The number of aryl methyl sites for hydroxylation is 2. The fraction of sp³-hybridized carbons (Fsp3) is 0.280. The van der Waals surface area contributed by atoms with Gasteiger partial charge in [-0.2, -0.15) is 0 Å². The third-order valence-corrected chi connectivity index (χ3v) is 6.34. The van der Waals surface area contributed by atoms with Crippen molar-refractivity contribution in [1.82, 2.24) is 25.3 Å². The highest BCUT2D eigenvalue weighted by atomic mass is 35.5. The number of fused-ring (bicyclic) bond motifs is 1. The molecule has 4 aromatic rings. The molecule has 0 unspecified atom stereocenters. The van der Waals surface area contributed by atoms with Crippen LogP contribution in [-0.4, -0.2) is 45.0 Å². The van der Waals surface area contributed by atoms with E-state index < -0.39 is 0 Å². The third-order valence-electron chi connectivity index (χ3n) is 6.12. The van der Waals surface area contributed by atoms with Crippen molar-refractivity contribution in [3.63, 3.8) is 0 Å². The number of pyridine rings is 1. The fourth-order valence-corrected chi connectivity index (χ4v) is 4.81. The summed E-state index contributed by atoms with van der Waals surface area (Å²) in [5, 5.41) is 14.2. The zero-order chi connectivity index (χ0) is 22.9. The molecule has 0 radical (unpaired) electrons. The van der Waals surface area contributed by atoms with Gasteiger partial charge in [-0.25, -0.2) is 4.98 Å². The summed E-state index contributed by atoms with van der Waals surface area (Å²) in [7, 11) is 1.83. The quantitative estimate of drug-likeness (QED) is 0.488.